The average molecular weight is 166 g/mol. The van der Waals surface area contributed by atoms with Gasteiger partial charge in [0.05, 0.1) is 23.4 Å². The van der Waals surface area contributed by atoms with Gasteiger partial charge in [0.2, 0.25) is 0 Å². The van der Waals surface area contributed by atoms with Crippen LogP contribution in [0.5, 0.6) is 0 Å². The van der Waals surface area contributed by atoms with Gasteiger partial charge in [-0.15, -0.1) is 0 Å². The lowest BCUT2D eigenvalue weighted by molar-refractivity contribution is -0.389. The normalized spacial score (nSPS) is 12.0. The van der Waals surface area contributed by atoms with Crippen molar-refractivity contribution in [2.45, 2.75) is 13.0 Å². The Balaban J connectivity index is 2.93. The van der Waals surface area contributed by atoms with Crippen LogP contribution in [0.1, 0.15) is 13.0 Å². The molecular formula is C6H6N4O2. The lowest BCUT2D eigenvalue weighted by atomic mass is 10.4. The Morgan fingerprint density at radius 2 is 2.58 bits per heavy atom. The van der Waals surface area contributed by atoms with Crippen molar-refractivity contribution in [2.75, 3.05) is 0 Å². The van der Waals surface area contributed by atoms with Crippen molar-refractivity contribution in [3.8, 4) is 6.07 Å². The minimum absolute atomic E-state index is 0.239. The van der Waals surface area contributed by atoms with E-state index in [1.807, 2.05) is 6.07 Å². The second kappa shape index (κ2) is 3.00. The first kappa shape index (κ1) is 8.20. The van der Waals surface area contributed by atoms with Crippen molar-refractivity contribution in [3.05, 3.63) is 22.4 Å². The largest absolute Gasteiger partial charge is 0.389 e. The van der Waals surface area contributed by atoms with E-state index in [1.54, 1.807) is 6.92 Å². The van der Waals surface area contributed by atoms with Crippen molar-refractivity contribution < 1.29 is 4.92 Å². The van der Waals surface area contributed by atoms with Crippen LogP contribution in [-0.2, 0) is 0 Å². The number of aromatic nitrogens is 2. The zero-order valence-electron chi connectivity index (χ0n) is 6.34. The van der Waals surface area contributed by atoms with Gasteiger partial charge in [-0.05, 0) is 11.8 Å². The van der Waals surface area contributed by atoms with Crippen LogP contribution >= 0.6 is 0 Å². The average Bonchev–Trinajstić information content (AvgIpc) is 2.51. The zero-order chi connectivity index (χ0) is 9.14. The first-order valence-electron chi connectivity index (χ1n) is 3.24. The number of nitro groups is 1. The van der Waals surface area contributed by atoms with Gasteiger partial charge in [0, 0.05) is 0 Å². The molecule has 0 saturated heterocycles. The molecule has 0 spiro atoms. The molecule has 0 saturated carbocycles. The predicted octanol–water partition coefficient (Wildman–Crippen LogP) is 0.876. The Bertz CT molecular complexity index is 338. The van der Waals surface area contributed by atoms with E-state index in [0.29, 0.717) is 0 Å². The van der Waals surface area contributed by atoms with Crippen LogP contribution in [0.3, 0.4) is 0 Å². The summed E-state index contributed by atoms with van der Waals surface area (Å²) in [5.74, 6) is -0.239. The third-order valence-electron chi connectivity index (χ3n) is 1.36. The maximum absolute atomic E-state index is 10.2. The van der Waals surface area contributed by atoms with E-state index >= 15 is 0 Å². The molecule has 0 aliphatic heterocycles. The summed E-state index contributed by atoms with van der Waals surface area (Å²) in [7, 11) is 0. The molecule has 0 aliphatic carbocycles. The van der Waals surface area contributed by atoms with Crippen molar-refractivity contribution in [1.82, 2.24) is 9.78 Å². The van der Waals surface area contributed by atoms with Crippen LogP contribution in [-0.4, -0.2) is 14.7 Å². The summed E-state index contributed by atoms with van der Waals surface area (Å²) >= 11 is 0. The van der Waals surface area contributed by atoms with Gasteiger partial charge in [0.25, 0.3) is 0 Å². The third kappa shape index (κ3) is 1.40. The molecule has 6 nitrogen and oxygen atoms in total. The van der Waals surface area contributed by atoms with Crippen molar-refractivity contribution >= 4 is 5.82 Å². The van der Waals surface area contributed by atoms with Crippen molar-refractivity contribution in [3.63, 3.8) is 0 Å². The second-order valence-corrected chi connectivity index (χ2v) is 2.22. The number of nitriles is 1. The van der Waals surface area contributed by atoms with Crippen molar-refractivity contribution in [2.24, 2.45) is 0 Å². The highest BCUT2D eigenvalue weighted by Crippen LogP contribution is 2.09. The summed E-state index contributed by atoms with van der Waals surface area (Å²) in [4.78, 5) is 9.58. The molecule has 12 heavy (non-hydrogen) atoms. The highest BCUT2D eigenvalue weighted by atomic mass is 16.6. The molecule has 1 rings (SSSR count). The second-order valence-electron chi connectivity index (χ2n) is 2.22. The summed E-state index contributed by atoms with van der Waals surface area (Å²) in [6.45, 7) is 1.61. The molecule has 1 aromatic heterocycles. The van der Waals surface area contributed by atoms with Gasteiger partial charge in [0.1, 0.15) is 0 Å². The van der Waals surface area contributed by atoms with Gasteiger partial charge in [0.15, 0.2) is 6.04 Å². The molecular weight excluding hydrogens is 160 g/mol. The number of nitrogens with zero attached hydrogens (tertiary/aromatic N) is 4. The molecule has 0 bridgehead atoms. The van der Waals surface area contributed by atoms with Gasteiger partial charge in [-0.3, -0.25) is 0 Å². The maximum atomic E-state index is 10.2. The summed E-state index contributed by atoms with van der Waals surface area (Å²) < 4.78 is 1.25. The van der Waals surface area contributed by atoms with Gasteiger partial charge < -0.3 is 10.1 Å². The fraction of sp³-hybridized carbons (Fsp3) is 0.333. The number of hydrogen-bond donors (Lipinski definition) is 0. The van der Waals surface area contributed by atoms with Gasteiger partial charge in [-0.1, -0.05) is 0 Å². The van der Waals surface area contributed by atoms with Crippen LogP contribution in [0.15, 0.2) is 12.3 Å². The topological polar surface area (TPSA) is 84.8 Å². The highest BCUT2D eigenvalue weighted by molar-refractivity contribution is 5.15. The fourth-order valence-electron chi connectivity index (χ4n) is 0.700. The molecule has 0 aromatic carbocycles. The van der Waals surface area contributed by atoms with E-state index in [9.17, 15) is 10.1 Å². The van der Waals surface area contributed by atoms with E-state index in [-0.39, 0.29) is 5.82 Å². The Morgan fingerprint density at radius 1 is 1.92 bits per heavy atom. The quantitative estimate of drug-likeness (QED) is 0.482. The first-order chi connectivity index (χ1) is 5.65. The monoisotopic (exact) mass is 166 g/mol. The molecule has 62 valence electrons. The molecule has 0 unspecified atom stereocenters. The van der Waals surface area contributed by atoms with Crippen LogP contribution in [0.2, 0.25) is 0 Å². The molecule has 1 atom stereocenters. The molecule has 0 aliphatic rings. The molecule has 6 heteroatoms. The lowest BCUT2D eigenvalue weighted by Gasteiger charge is -1.93. The molecule has 0 amide bonds. The summed E-state index contributed by atoms with van der Waals surface area (Å²) in [5.41, 5.74) is 0. The predicted molar refractivity (Wildman–Crippen MR) is 39.2 cm³/mol. The Kier molecular flexibility index (Phi) is 2.05. The van der Waals surface area contributed by atoms with E-state index in [0.717, 1.165) is 0 Å². The van der Waals surface area contributed by atoms with Gasteiger partial charge in [-0.2, -0.15) is 9.94 Å². The van der Waals surface area contributed by atoms with E-state index in [4.69, 9.17) is 5.26 Å². The van der Waals surface area contributed by atoms with Crippen LogP contribution in [0.4, 0.5) is 5.82 Å². The minimum Gasteiger partial charge on any atom is -0.358 e. The lowest BCUT2D eigenvalue weighted by Crippen LogP contribution is -2.03. The summed E-state index contributed by atoms with van der Waals surface area (Å²) in [5, 5.41) is 22.2. The van der Waals surface area contributed by atoms with Crippen LogP contribution in [0.25, 0.3) is 0 Å². The molecule has 0 N–H and O–H groups in total. The fourth-order valence-corrected chi connectivity index (χ4v) is 0.700. The minimum atomic E-state index is -0.597. The highest BCUT2D eigenvalue weighted by Gasteiger charge is 2.14. The summed E-state index contributed by atoms with van der Waals surface area (Å²) in [6, 6.07) is 2.70. The first-order valence-corrected chi connectivity index (χ1v) is 3.24. The Morgan fingerprint density at radius 3 is 3.00 bits per heavy atom. The number of hydrogen-bond acceptors (Lipinski definition) is 4. The molecule has 0 fully saturated rings. The Hall–Kier alpha value is -1.90. The van der Waals surface area contributed by atoms with E-state index < -0.39 is 11.0 Å². The molecule has 1 heterocycles. The zero-order valence-corrected chi connectivity index (χ0v) is 6.34. The summed E-state index contributed by atoms with van der Waals surface area (Å²) in [6.07, 6.45) is 1.41. The third-order valence-corrected chi connectivity index (χ3v) is 1.36. The van der Waals surface area contributed by atoms with E-state index in [1.165, 1.54) is 16.9 Å². The van der Waals surface area contributed by atoms with Gasteiger partial charge in [-0.25, -0.2) is 0 Å². The van der Waals surface area contributed by atoms with Gasteiger partial charge >= 0.3 is 5.82 Å². The maximum Gasteiger partial charge on any atom is 0.389 e. The van der Waals surface area contributed by atoms with Crippen LogP contribution in [0, 0.1) is 21.4 Å². The van der Waals surface area contributed by atoms with Crippen LogP contribution < -0.4 is 0 Å². The number of rotatable bonds is 2. The standard InChI is InChI=1S/C6H6N4O2/c1-5(4-7)9-3-2-6(8-9)10(11)12/h2-3,5H,1H3/t5-/m0/s1. The Labute approximate surface area is 68.2 Å². The van der Waals surface area contributed by atoms with E-state index in [2.05, 4.69) is 5.10 Å². The molecule has 1 aromatic rings. The van der Waals surface area contributed by atoms with Crippen molar-refractivity contribution in [1.29, 1.82) is 5.26 Å². The smallest absolute Gasteiger partial charge is 0.358 e. The molecule has 0 radical (unpaired) electrons. The SMILES string of the molecule is C[C@@H](C#N)n1ccc([N+](=O)[O-])n1.